The molecule has 0 saturated heterocycles. The van der Waals surface area contributed by atoms with E-state index in [1.807, 2.05) is 19.9 Å². The monoisotopic (exact) mass is 542 g/mol. The van der Waals surface area contributed by atoms with E-state index in [2.05, 4.69) is 15.6 Å². The summed E-state index contributed by atoms with van der Waals surface area (Å²) in [5.74, 6) is 0.524. The third-order valence-electron chi connectivity index (χ3n) is 8.03. The van der Waals surface area contributed by atoms with Crippen LogP contribution in [0.4, 0.5) is 11.8 Å². The van der Waals surface area contributed by atoms with E-state index in [0.717, 1.165) is 57.9 Å². The minimum Gasteiger partial charge on any atom is -0.390 e. The lowest BCUT2D eigenvalue weighted by Crippen LogP contribution is -2.40. The van der Waals surface area contributed by atoms with Gasteiger partial charge < -0.3 is 30.7 Å². The zero-order valence-electron chi connectivity index (χ0n) is 22.6. The average Bonchev–Trinajstić information content (AvgIpc) is 3.41. The van der Waals surface area contributed by atoms with Crippen LogP contribution in [-0.2, 0) is 4.74 Å². The number of aliphatic hydroxyl groups is 3. The number of aliphatic hydroxyl groups excluding tert-OH is 2. The van der Waals surface area contributed by atoms with Crippen LogP contribution >= 0.6 is 11.3 Å². The molecule has 2 fully saturated rings. The summed E-state index contributed by atoms with van der Waals surface area (Å²) in [6.45, 7) is 7.18. The maximum absolute atomic E-state index is 10.9. The van der Waals surface area contributed by atoms with Gasteiger partial charge in [-0.3, -0.25) is 4.98 Å². The molecule has 3 aromatic heterocycles. The molecular formula is C27H38N6O4S. The Balaban J connectivity index is 1.54. The number of thiazole rings is 1. The van der Waals surface area contributed by atoms with Crippen molar-refractivity contribution < 1.29 is 20.1 Å². The number of hydrogen-bond acceptors (Lipinski definition) is 11. The number of anilines is 2. The second-order valence-electron chi connectivity index (χ2n) is 11.2. The highest BCUT2D eigenvalue weighted by molar-refractivity contribution is 7.21. The Morgan fingerprint density at radius 1 is 1.00 bits per heavy atom. The van der Waals surface area contributed by atoms with Crippen molar-refractivity contribution in [2.75, 3.05) is 17.7 Å². The van der Waals surface area contributed by atoms with Crippen LogP contribution in [0.5, 0.6) is 0 Å². The lowest BCUT2D eigenvalue weighted by atomic mass is 9.88. The second-order valence-corrected chi connectivity index (χ2v) is 12.2. The standard InChI is InChI=1S/C27H38N6O4S/c1-13-20(25-32-21-14(2)28-11-10-19(21)38-25)24(30-17-12-15(27(3,4)36)22(34)23(17)35)33-26(29-13)31-16-8-6-7-9-18(16)37-5/h10-11,15-18,22-23,34-36H,6-9,12H2,1-5H3,(H2,29,30,31,33)/t15-,16-,17+,18-,22+,23-/m0/s1. The molecule has 0 aliphatic heterocycles. The van der Waals surface area contributed by atoms with Crippen molar-refractivity contribution in [3.05, 3.63) is 23.7 Å². The highest BCUT2D eigenvalue weighted by atomic mass is 32.1. The SMILES string of the molecule is CO[C@H]1CCCC[C@@H]1Nc1nc(C)c(-c2nc3c(C)nccc3s2)c(N[C@@H]2C[C@H](C(C)(C)O)[C@@H](O)[C@H]2O)n1. The van der Waals surface area contributed by atoms with Crippen LogP contribution < -0.4 is 10.6 Å². The molecule has 38 heavy (non-hydrogen) atoms. The molecule has 6 atom stereocenters. The topological polar surface area (TPSA) is 146 Å². The van der Waals surface area contributed by atoms with Crippen molar-refractivity contribution in [2.24, 2.45) is 5.92 Å². The third kappa shape index (κ3) is 5.22. The number of aromatic nitrogens is 4. The molecule has 3 heterocycles. The van der Waals surface area contributed by atoms with Gasteiger partial charge in [0.05, 0.1) is 51.5 Å². The van der Waals surface area contributed by atoms with Gasteiger partial charge in [-0.05, 0) is 53.0 Å². The quantitative estimate of drug-likeness (QED) is 0.301. The summed E-state index contributed by atoms with van der Waals surface area (Å²) in [4.78, 5) is 19.0. The van der Waals surface area contributed by atoms with Crippen LogP contribution in [0.2, 0.25) is 0 Å². The first kappa shape index (κ1) is 27.1. The molecule has 0 aromatic carbocycles. The number of aryl methyl sites for hydroxylation is 2. The maximum atomic E-state index is 10.9. The minimum absolute atomic E-state index is 0.0859. The summed E-state index contributed by atoms with van der Waals surface area (Å²) in [6, 6.07) is 1.53. The van der Waals surface area contributed by atoms with Gasteiger partial charge in [0, 0.05) is 19.2 Å². The molecule has 5 N–H and O–H groups in total. The summed E-state index contributed by atoms with van der Waals surface area (Å²) in [5.41, 5.74) is 2.04. The Bertz CT molecular complexity index is 1290. The second kappa shape index (κ2) is 10.6. The van der Waals surface area contributed by atoms with E-state index in [1.54, 1.807) is 27.2 Å². The zero-order chi connectivity index (χ0) is 27.2. The molecular weight excluding hydrogens is 504 g/mol. The third-order valence-corrected chi connectivity index (χ3v) is 9.06. The van der Waals surface area contributed by atoms with Crippen LogP contribution in [0.25, 0.3) is 20.8 Å². The van der Waals surface area contributed by atoms with Crippen LogP contribution in [0, 0.1) is 19.8 Å². The fraction of sp³-hybridized carbons (Fsp3) is 0.630. The minimum atomic E-state index is -1.14. The smallest absolute Gasteiger partial charge is 0.225 e. The maximum Gasteiger partial charge on any atom is 0.225 e. The molecule has 2 saturated carbocycles. The van der Waals surface area contributed by atoms with E-state index in [9.17, 15) is 15.3 Å². The highest BCUT2D eigenvalue weighted by Crippen LogP contribution is 2.40. The van der Waals surface area contributed by atoms with Gasteiger partial charge in [0.1, 0.15) is 22.4 Å². The fourth-order valence-corrected chi connectivity index (χ4v) is 6.96. The average molecular weight is 543 g/mol. The Kier molecular flexibility index (Phi) is 7.58. The number of rotatable bonds is 7. The van der Waals surface area contributed by atoms with E-state index in [0.29, 0.717) is 18.2 Å². The number of nitrogens with one attached hydrogen (secondary N) is 2. The molecule has 3 aromatic rings. The predicted molar refractivity (Wildman–Crippen MR) is 148 cm³/mol. The molecule has 10 nitrogen and oxygen atoms in total. The van der Waals surface area contributed by atoms with Crippen molar-refractivity contribution in [3.8, 4) is 10.6 Å². The lowest BCUT2D eigenvalue weighted by molar-refractivity contribution is -0.0601. The molecule has 0 bridgehead atoms. The van der Waals surface area contributed by atoms with Crippen molar-refractivity contribution in [1.82, 2.24) is 19.9 Å². The van der Waals surface area contributed by atoms with Crippen LogP contribution in [0.1, 0.15) is 57.3 Å². The van der Waals surface area contributed by atoms with E-state index >= 15 is 0 Å². The van der Waals surface area contributed by atoms with Gasteiger partial charge in [-0.25, -0.2) is 9.97 Å². The van der Waals surface area contributed by atoms with Crippen LogP contribution in [0.3, 0.4) is 0 Å². The van der Waals surface area contributed by atoms with E-state index in [4.69, 9.17) is 19.7 Å². The number of methoxy groups -OCH3 is 1. The Labute approximate surface area is 226 Å². The summed E-state index contributed by atoms with van der Waals surface area (Å²) in [7, 11) is 1.74. The fourth-order valence-electron chi connectivity index (χ4n) is 5.85. The van der Waals surface area contributed by atoms with Crippen molar-refractivity contribution >= 4 is 33.3 Å². The number of hydrogen-bond donors (Lipinski definition) is 5. The van der Waals surface area contributed by atoms with Gasteiger partial charge in [-0.2, -0.15) is 4.98 Å². The first-order chi connectivity index (χ1) is 18.1. The van der Waals surface area contributed by atoms with Gasteiger partial charge >= 0.3 is 0 Å². The Morgan fingerprint density at radius 2 is 1.76 bits per heavy atom. The van der Waals surface area contributed by atoms with Crippen molar-refractivity contribution in [3.63, 3.8) is 0 Å². The van der Waals surface area contributed by atoms with Crippen LogP contribution in [-0.4, -0.2) is 78.4 Å². The number of nitrogens with zero attached hydrogens (tertiary/aromatic N) is 4. The molecule has 11 heteroatoms. The molecule has 5 rings (SSSR count). The summed E-state index contributed by atoms with van der Waals surface area (Å²) >= 11 is 1.54. The molecule has 206 valence electrons. The van der Waals surface area contributed by atoms with Gasteiger partial charge in [-0.1, -0.05) is 12.8 Å². The van der Waals surface area contributed by atoms with Crippen molar-refractivity contribution in [2.45, 2.75) is 95.8 Å². The highest BCUT2D eigenvalue weighted by Gasteiger charge is 2.48. The number of pyridine rings is 1. The normalized spacial score (nSPS) is 28.1. The molecule has 2 aliphatic carbocycles. The Hall–Kier alpha value is -2.44. The molecule has 0 radical (unpaired) electrons. The molecule has 0 amide bonds. The van der Waals surface area contributed by atoms with Gasteiger partial charge in [0.25, 0.3) is 0 Å². The van der Waals surface area contributed by atoms with E-state index in [-0.39, 0.29) is 12.1 Å². The van der Waals surface area contributed by atoms with E-state index < -0.39 is 29.8 Å². The van der Waals surface area contributed by atoms with E-state index in [1.165, 1.54) is 11.3 Å². The predicted octanol–water partition coefficient (Wildman–Crippen LogP) is 3.43. The summed E-state index contributed by atoms with van der Waals surface area (Å²) < 4.78 is 6.74. The zero-order valence-corrected chi connectivity index (χ0v) is 23.4. The summed E-state index contributed by atoms with van der Waals surface area (Å²) in [6.07, 6.45) is 4.33. The number of fused-ring (bicyclic) bond motifs is 1. The van der Waals surface area contributed by atoms with Crippen LogP contribution in [0.15, 0.2) is 12.3 Å². The molecule has 2 aliphatic rings. The van der Waals surface area contributed by atoms with Gasteiger partial charge in [0.15, 0.2) is 0 Å². The van der Waals surface area contributed by atoms with Gasteiger partial charge in [-0.15, -0.1) is 11.3 Å². The Morgan fingerprint density at radius 3 is 2.45 bits per heavy atom. The van der Waals surface area contributed by atoms with Crippen molar-refractivity contribution in [1.29, 1.82) is 0 Å². The first-order valence-electron chi connectivity index (χ1n) is 13.3. The first-order valence-corrected chi connectivity index (χ1v) is 14.1. The largest absolute Gasteiger partial charge is 0.390 e. The molecule has 0 spiro atoms. The lowest BCUT2D eigenvalue weighted by Gasteiger charge is -2.31. The summed E-state index contributed by atoms with van der Waals surface area (Å²) in [5, 5.41) is 39.8. The molecule has 0 unspecified atom stereocenters. The number of ether oxygens (including phenoxy) is 1. The van der Waals surface area contributed by atoms with Gasteiger partial charge in [0.2, 0.25) is 5.95 Å².